The molecule has 0 aromatic rings. The van der Waals surface area contributed by atoms with Gasteiger partial charge in [0.25, 0.3) is 0 Å². The number of rotatable bonds is 1. The van der Waals surface area contributed by atoms with Gasteiger partial charge >= 0.3 is 5.97 Å². The van der Waals surface area contributed by atoms with E-state index < -0.39 is 17.5 Å². The van der Waals surface area contributed by atoms with Gasteiger partial charge in [0, 0.05) is 6.61 Å². The minimum absolute atomic E-state index is 0.237. The SMILES string of the molecule is COC(=O)C1(C)COCCC1O. The Hall–Kier alpha value is -0.610. The Balaban J connectivity index is 2.72. The number of aliphatic hydroxyl groups excluding tert-OH is 1. The van der Waals surface area contributed by atoms with E-state index in [-0.39, 0.29) is 6.61 Å². The van der Waals surface area contributed by atoms with Crippen LogP contribution < -0.4 is 0 Å². The van der Waals surface area contributed by atoms with Gasteiger partial charge in [0.05, 0.1) is 19.8 Å². The van der Waals surface area contributed by atoms with E-state index >= 15 is 0 Å². The molecule has 1 aliphatic rings. The van der Waals surface area contributed by atoms with Gasteiger partial charge < -0.3 is 14.6 Å². The maximum atomic E-state index is 11.2. The number of carbonyl (C=O) groups excluding carboxylic acids is 1. The number of ether oxygens (including phenoxy) is 2. The summed E-state index contributed by atoms with van der Waals surface area (Å²) in [5.41, 5.74) is -0.882. The smallest absolute Gasteiger partial charge is 0.316 e. The zero-order valence-corrected chi connectivity index (χ0v) is 7.37. The second kappa shape index (κ2) is 3.41. The first-order chi connectivity index (χ1) is 5.61. The fraction of sp³-hybridized carbons (Fsp3) is 0.875. The molecule has 2 atom stereocenters. The van der Waals surface area contributed by atoms with E-state index in [0.29, 0.717) is 13.0 Å². The zero-order valence-electron chi connectivity index (χ0n) is 7.37. The Morgan fingerprint density at radius 2 is 2.42 bits per heavy atom. The van der Waals surface area contributed by atoms with Gasteiger partial charge in [-0.15, -0.1) is 0 Å². The standard InChI is InChI=1S/C8H14O4/c1-8(7(10)11-2)5-12-4-3-6(8)9/h6,9H,3-5H2,1-2H3. The van der Waals surface area contributed by atoms with Crippen LogP contribution in [0.15, 0.2) is 0 Å². The van der Waals surface area contributed by atoms with Crippen molar-refractivity contribution in [2.75, 3.05) is 20.3 Å². The molecule has 1 rings (SSSR count). The molecule has 1 fully saturated rings. The van der Waals surface area contributed by atoms with E-state index in [9.17, 15) is 9.90 Å². The van der Waals surface area contributed by atoms with Crippen molar-refractivity contribution in [1.82, 2.24) is 0 Å². The van der Waals surface area contributed by atoms with Crippen LogP contribution >= 0.6 is 0 Å². The first-order valence-corrected chi connectivity index (χ1v) is 3.95. The first kappa shape index (κ1) is 9.48. The summed E-state index contributed by atoms with van der Waals surface area (Å²) in [6.45, 7) is 2.40. The molecule has 2 unspecified atom stereocenters. The van der Waals surface area contributed by atoms with Crippen LogP contribution in [0.3, 0.4) is 0 Å². The van der Waals surface area contributed by atoms with Crippen molar-refractivity contribution in [1.29, 1.82) is 0 Å². The molecule has 1 aliphatic heterocycles. The lowest BCUT2D eigenvalue weighted by atomic mass is 9.82. The molecular formula is C8H14O4. The minimum Gasteiger partial charge on any atom is -0.468 e. The average molecular weight is 174 g/mol. The number of carbonyl (C=O) groups is 1. The van der Waals surface area contributed by atoms with Crippen molar-refractivity contribution < 1.29 is 19.4 Å². The Morgan fingerprint density at radius 1 is 1.75 bits per heavy atom. The number of hydrogen-bond acceptors (Lipinski definition) is 4. The van der Waals surface area contributed by atoms with Gasteiger partial charge in [0.15, 0.2) is 0 Å². The Labute approximate surface area is 71.5 Å². The van der Waals surface area contributed by atoms with Crippen molar-refractivity contribution in [3.63, 3.8) is 0 Å². The lowest BCUT2D eigenvalue weighted by molar-refractivity contribution is -0.172. The maximum absolute atomic E-state index is 11.2. The summed E-state index contributed by atoms with van der Waals surface area (Å²) in [6, 6.07) is 0. The highest BCUT2D eigenvalue weighted by atomic mass is 16.5. The maximum Gasteiger partial charge on any atom is 0.316 e. The monoisotopic (exact) mass is 174 g/mol. The summed E-state index contributed by atoms with van der Waals surface area (Å²) < 4.78 is 9.70. The van der Waals surface area contributed by atoms with Crippen LogP contribution in [-0.4, -0.2) is 37.5 Å². The molecule has 0 spiro atoms. The predicted octanol–water partition coefficient (Wildman–Crippen LogP) is -0.0531. The highest BCUT2D eigenvalue weighted by Gasteiger charge is 2.44. The molecule has 1 N–H and O–H groups in total. The van der Waals surface area contributed by atoms with Crippen molar-refractivity contribution in [3.05, 3.63) is 0 Å². The van der Waals surface area contributed by atoms with Gasteiger partial charge in [0.1, 0.15) is 5.41 Å². The fourth-order valence-corrected chi connectivity index (χ4v) is 1.32. The third-order valence-electron chi connectivity index (χ3n) is 2.32. The molecule has 0 aromatic carbocycles. The number of methoxy groups -OCH3 is 1. The fourth-order valence-electron chi connectivity index (χ4n) is 1.32. The molecule has 70 valence electrons. The normalized spacial score (nSPS) is 36.1. The molecule has 0 bridgehead atoms. The highest BCUT2D eigenvalue weighted by molar-refractivity contribution is 5.77. The van der Waals surface area contributed by atoms with Crippen LogP contribution in [0.25, 0.3) is 0 Å². The van der Waals surface area contributed by atoms with E-state index in [1.54, 1.807) is 6.92 Å². The molecule has 0 aliphatic carbocycles. The lowest BCUT2D eigenvalue weighted by Gasteiger charge is -2.35. The molecule has 0 saturated carbocycles. The molecule has 1 saturated heterocycles. The Bertz CT molecular complexity index is 180. The Morgan fingerprint density at radius 3 is 2.92 bits per heavy atom. The summed E-state index contributed by atoms with van der Waals surface area (Å²) in [4.78, 5) is 11.2. The van der Waals surface area contributed by atoms with Crippen molar-refractivity contribution in [2.24, 2.45) is 5.41 Å². The van der Waals surface area contributed by atoms with E-state index in [0.717, 1.165) is 0 Å². The summed E-state index contributed by atoms with van der Waals surface area (Å²) in [6.07, 6.45) is -0.162. The highest BCUT2D eigenvalue weighted by Crippen LogP contribution is 2.29. The third-order valence-corrected chi connectivity index (χ3v) is 2.32. The predicted molar refractivity (Wildman–Crippen MR) is 41.6 cm³/mol. The minimum atomic E-state index is -0.882. The molecule has 0 aromatic heterocycles. The summed E-state index contributed by atoms with van der Waals surface area (Å²) in [5, 5.41) is 9.55. The van der Waals surface area contributed by atoms with Gasteiger partial charge in [-0.2, -0.15) is 0 Å². The summed E-state index contributed by atoms with van der Waals surface area (Å²) in [5.74, 6) is -0.408. The van der Waals surface area contributed by atoms with Crippen molar-refractivity contribution in [3.8, 4) is 0 Å². The van der Waals surface area contributed by atoms with Crippen LogP contribution in [0.2, 0.25) is 0 Å². The van der Waals surface area contributed by atoms with Gasteiger partial charge in [-0.25, -0.2) is 0 Å². The largest absolute Gasteiger partial charge is 0.468 e. The number of hydrogen-bond donors (Lipinski definition) is 1. The topological polar surface area (TPSA) is 55.8 Å². The van der Waals surface area contributed by atoms with Crippen LogP contribution in [0, 0.1) is 5.41 Å². The Kier molecular flexibility index (Phi) is 2.69. The molecule has 1 heterocycles. The lowest BCUT2D eigenvalue weighted by Crippen LogP contribution is -2.48. The van der Waals surface area contributed by atoms with Gasteiger partial charge in [0.2, 0.25) is 0 Å². The molecule has 0 amide bonds. The van der Waals surface area contributed by atoms with Crippen LogP contribution in [0.5, 0.6) is 0 Å². The molecule has 4 nitrogen and oxygen atoms in total. The summed E-state index contributed by atoms with van der Waals surface area (Å²) >= 11 is 0. The zero-order chi connectivity index (χ0) is 9.19. The van der Waals surface area contributed by atoms with Gasteiger partial charge in [-0.05, 0) is 13.3 Å². The quantitative estimate of drug-likeness (QED) is 0.566. The molecular weight excluding hydrogens is 160 g/mol. The first-order valence-electron chi connectivity index (χ1n) is 3.95. The van der Waals surface area contributed by atoms with Crippen LogP contribution in [0.1, 0.15) is 13.3 Å². The molecule has 4 heteroatoms. The van der Waals surface area contributed by atoms with Crippen LogP contribution in [0.4, 0.5) is 0 Å². The van der Waals surface area contributed by atoms with Crippen molar-refractivity contribution >= 4 is 5.97 Å². The van der Waals surface area contributed by atoms with Crippen molar-refractivity contribution in [2.45, 2.75) is 19.4 Å². The molecule has 12 heavy (non-hydrogen) atoms. The second-order valence-corrected chi connectivity index (χ2v) is 3.27. The van der Waals surface area contributed by atoms with E-state index in [2.05, 4.69) is 4.74 Å². The van der Waals surface area contributed by atoms with Gasteiger partial charge in [-0.1, -0.05) is 0 Å². The summed E-state index contributed by atoms with van der Waals surface area (Å²) in [7, 11) is 1.31. The van der Waals surface area contributed by atoms with E-state index in [1.807, 2.05) is 0 Å². The average Bonchev–Trinajstić information content (AvgIpc) is 2.09. The van der Waals surface area contributed by atoms with Gasteiger partial charge in [-0.3, -0.25) is 4.79 Å². The number of esters is 1. The third kappa shape index (κ3) is 1.44. The van der Waals surface area contributed by atoms with E-state index in [1.165, 1.54) is 7.11 Å². The second-order valence-electron chi connectivity index (χ2n) is 3.27. The van der Waals surface area contributed by atoms with E-state index in [4.69, 9.17) is 4.74 Å². The molecule has 0 radical (unpaired) electrons. The number of aliphatic hydroxyl groups is 1. The van der Waals surface area contributed by atoms with Crippen LogP contribution in [-0.2, 0) is 14.3 Å².